The molecule has 0 amide bonds. The highest BCUT2D eigenvalue weighted by molar-refractivity contribution is 4.79. The van der Waals surface area contributed by atoms with Crippen LogP contribution >= 0.6 is 0 Å². The molecule has 0 aromatic heterocycles. The van der Waals surface area contributed by atoms with Gasteiger partial charge in [-0.1, -0.05) is 0 Å². The van der Waals surface area contributed by atoms with Crippen molar-refractivity contribution in [2.75, 3.05) is 0 Å². The van der Waals surface area contributed by atoms with Crippen LogP contribution in [0, 0.1) is 0 Å². The standard InChI is InChI=1S/C5H12N2/c6-4-1-2-5(7)3-4/h4-5H,1-3,6-7H2/t4-,5?/m1/s1. The molecule has 1 fully saturated rings. The molecule has 1 aliphatic carbocycles. The average Bonchev–Trinajstić information content (AvgIpc) is 1.87. The fraction of sp³-hybridized carbons (Fsp3) is 1.00. The van der Waals surface area contributed by atoms with Crippen LogP contribution in [0.5, 0.6) is 0 Å². The molecule has 1 rings (SSSR count). The van der Waals surface area contributed by atoms with E-state index in [1.807, 2.05) is 0 Å². The number of hydrogen-bond donors (Lipinski definition) is 2. The molecule has 42 valence electrons. The van der Waals surface area contributed by atoms with Gasteiger partial charge < -0.3 is 11.5 Å². The summed E-state index contributed by atoms with van der Waals surface area (Å²) in [4.78, 5) is 0. The Kier molecular flexibility index (Phi) is 1.30. The van der Waals surface area contributed by atoms with Crippen molar-refractivity contribution in [1.29, 1.82) is 0 Å². The van der Waals surface area contributed by atoms with Gasteiger partial charge in [-0.15, -0.1) is 0 Å². The highest BCUT2D eigenvalue weighted by Crippen LogP contribution is 2.13. The second-order valence-corrected chi connectivity index (χ2v) is 2.33. The molecule has 0 spiro atoms. The van der Waals surface area contributed by atoms with Gasteiger partial charge in [-0.3, -0.25) is 0 Å². The normalized spacial score (nSPS) is 42.0. The maximum Gasteiger partial charge on any atom is 0.00541 e. The molecule has 1 aliphatic rings. The Morgan fingerprint density at radius 3 is 1.57 bits per heavy atom. The zero-order valence-corrected chi connectivity index (χ0v) is 4.43. The Labute approximate surface area is 43.9 Å². The minimum absolute atomic E-state index is 0.398. The summed E-state index contributed by atoms with van der Waals surface area (Å²) < 4.78 is 0. The summed E-state index contributed by atoms with van der Waals surface area (Å²) in [5, 5.41) is 0. The van der Waals surface area contributed by atoms with Crippen molar-refractivity contribution in [3.05, 3.63) is 0 Å². The van der Waals surface area contributed by atoms with Gasteiger partial charge in [-0.25, -0.2) is 0 Å². The molecule has 0 heterocycles. The molecule has 2 heteroatoms. The van der Waals surface area contributed by atoms with Gasteiger partial charge in [0.25, 0.3) is 0 Å². The van der Waals surface area contributed by atoms with Crippen molar-refractivity contribution >= 4 is 0 Å². The molecule has 0 saturated heterocycles. The monoisotopic (exact) mass is 100 g/mol. The zero-order chi connectivity index (χ0) is 5.28. The predicted octanol–water partition coefficient (Wildman–Crippen LogP) is -0.175. The molecular formula is C5H12N2. The summed E-state index contributed by atoms with van der Waals surface area (Å²) in [5.74, 6) is 0. The van der Waals surface area contributed by atoms with Gasteiger partial charge in [0, 0.05) is 12.1 Å². The van der Waals surface area contributed by atoms with Crippen molar-refractivity contribution in [3.8, 4) is 0 Å². The van der Waals surface area contributed by atoms with E-state index in [1.54, 1.807) is 0 Å². The Morgan fingerprint density at radius 1 is 1.00 bits per heavy atom. The second kappa shape index (κ2) is 1.80. The summed E-state index contributed by atoms with van der Waals surface area (Å²) in [6, 6.07) is 0.796. The van der Waals surface area contributed by atoms with E-state index in [0.717, 1.165) is 19.3 Å². The van der Waals surface area contributed by atoms with E-state index in [9.17, 15) is 0 Å². The Balaban J connectivity index is 2.26. The summed E-state index contributed by atoms with van der Waals surface area (Å²) in [6.07, 6.45) is 3.28. The Morgan fingerprint density at radius 2 is 1.43 bits per heavy atom. The van der Waals surface area contributed by atoms with Crippen LogP contribution in [-0.4, -0.2) is 12.1 Å². The van der Waals surface area contributed by atoms with Crippen LogP contribution in [0.3, 0.4) is 0 Å². The highest BCUT2D eigenvalue weighted by atomic mass is 14.7. The van der Waals surface area contributed by atoms with Gasteiger partial charge in [0.05, 0.1) is 0 Å². The lowest BCUT2D eigenvalue weighted by atomic mass is 10.2. The Bertz CT molecular complexity index is 55.1. The molecule has 0 radical (unpaired) electrons. The maximum atomic E-state index is 5.55. The third-order valence-electron chi connectivity index (χ3n) is 1.51. The van der Waals surface area contributed by atoms with Crippen LogP contribution in [-0.2, 0) is 0 Å². The first-order chi connectivity index (χ1) is 3.29. The minimum Gasteiger partial charge on any atom is -0.328 e. The SMILES string of the molecule is NC1CC[C@@H](N)C1. The van der Waals surface area contributed by atoms with Crippen LogP contribution in [0.1, 0.15) is 19.3 Å². The quantitative estimate of drug-likeness (QED) is 0.444. The molecule has 0 aromatic rings. The van der Waals surface area contributed by atoms with Crippen LogP contribution in [0.2, 0.25) is 0 Å². The molecule has 7 heavy (non-hydrogen) atoms. The van der Waals surface area contributed by atoms with E-state index in [1.165, 1.54) is 0 Å². The first-order valence-corrected chi connectivity index (χ1v) is 2.80. The summed E-state index contributed by atoms with van der Waals surface area (Å²) in [6.45, 7) is 0. The summed E-state index contributed by atoms with van der Waals surface area (Å²) in [7, 11) is 0. The van der Waals surface area contributed by atoms with E-state index in [4.69, 9.17) is 11.5 Å². The third-order valence-corrected chi connectivity index (χ3v) is 1.51. The maximum absolute atomic E-state index is 5.55. The Hall–Kier alpha value is -0.0800. The first kappa shape index (κ1) is 5.06. The van der Waals surface area contributed by atoms with Gasteiger partial charge in [0.1, 0.15) is 0 Å². The molecule has 4 N–H and O–H groups in total. The van der Waals surface area contributed by atoms with Crippen LogP contribution in [0.4, 0.5) is 0 Å². The van der Waals surface area contributed by atoms with Gasteiger partial charge in [-0.05, 0) is 19.3 Å². The lowest BCUT2D eigenvalue weighted by Gasteiger charge is -1.97. The first-order valence-electron chi connectivity index (χ1n) is 2.80. The third kappa shape index (κ3) is 1.14. The van der Waals surface area contributed by atoms with Crippen molar-refractivity contribution in [1.82, 2.24) is 0 Å². The summed E-state index contributed by atoms with van der Waals surface area (Å²) >= 11 is 0. The van der Waals surface area contributed by atoms with Gasteiger partial charge in [0.15, 0.2) is 0 Å². The van der Waals surface area contributed by atoms with E-state index < -0.39 is 0 Å². The summed E-state index contributed by atoms with van der Waals surface area (Å²) in [5.41, 5.74) is 11.1. The minimum atomic E-state index is 0.398. The van der Waals surface area contributed by atoms with E-state index in [2.05, 4.69) is 0 Å². The molecule has 2 atom stereocenters. The van der Waals surface area contributed by atoms with Crippen molar-refractivity contribution < 1.29 is 0 Å². The van der Waals surface area contributed by atoms with E-state index in [0.29, 0.717) is 12.1 Å². The van der Waals surface area contributed by atoms with Crippen LogP contribution in [0.15, 0.2) is 0 Å². The lowest BCUT2D eigenvalue weighted by Crippen LogP contribution is -2.20. The van der Waals surface area contributed by atoms with Crippen molar-refractivity contribution in [2.45, 2.75) is 31.3 Å². The van der Waals surface area contributed by atoms with Gasteiger partial charge in [-0.2, -0.15) is 0 Å². The van der Waals surface area contributed by atoms with Gasteiger partial charge in [0.2, 0.25) is 0 Å². The molecule has 1 unspecified atom stereocenters. The fourth-order valence-corrected chi connectivity index (χ4v) is 1.05. The van der Waals surface area contributed by atoms with E-state index in [-0.39, 0.29) is 0 Å². The predicted molar refractivity (Wildman–Crippen MR) is 29.8 cm³/mol. The molecule has 1 saturated carbocycles. The fourth-order valence-electron chi connectivity index (χ4n) is 1.05. The second-order valence-electron chi connectivity index (χ2n) is 2.33. The van der Waals surface area contributed by atoms with Crippen LogP contribution in [0.25, 0.3) is 0 Å². The largest absolute Gasteiger partial charge is 0.328 e. The molecule has 0 aromatic carbocycles. The number of rotatable bonds is 0. The molecule has 0 bridgehead atoms. The smallest absolute Gasteiger partial charge is 0.00541 e. The molecule has 0 aliphatic heterocycles. The van der Waals surface area contributed by atoms with Gasteiger partial charge >= 0.3 is 0 Å². The van der Waals surface area contributed by atoms with Crippen molar-refractivity contribution in [3.63, 3.8) is 0 Å². The topological polar surface area (TPSA) is 52.0 Å². The van der Waals surface area contributed by atoms with E-state index >= 15 is 0 Å². The number of hydrogen-bond acceptors (Lipinski definition) is 2. The number of nitrogens with two attached hydrogens (primary N) is 2. The zero-order valence-electron chi connectivity index (χ0n) is 4.43. The van der Waals surface area contributed by atoms with Crippen molar-refractivity contribution in [2.24, 2.45) is 11.5 Å². The lowest BCUT2D eigenvalue weighted by molar-refractivity contribution is 0.666. The molecule has 2 nitrogen and oxygen atoms in total. The molecular weight excluding hydrogens is 88.1 g/mol. The highest BCUT2D eigenvalue weighted by Gasteiger charge is 2.16. The van der Waals surface area contributed by atoms with Crippen LogP contribution < -0.4 is 11.5 Å². The average molecular weight is 100 g/mol.